The second kappa shape index (κ2) is 11.8. The molecule has 31 heavy (non-hydrogen) atoms. The van der Waals surface area contributed by atoms with E-state index in [1.807, 2.05) is 30.3 Å². The van der Waals surface area contributed by atoms with Gasteiger partial charge in [-0.2, -0.15) is 0 Å². The van der Waals surface area contributed by atoms with Gasteiger partial charge in [0.15, 0.2) is 0 Å². The highest BCUT2D eigenvalue weighted by molar-refractivity contribution is 5.98. The number of carbonyl (C=O) groups is 3. The summed E-state index contributed by atoms with van der Waals surface area (Å²) in [5, 5.41) is 27.3. The molecule has 2 rings (SSSR count). The third-order valence-electron chi connectivity index (χ3n) is 4.81. The molecule has 166 valence electrons. The van der Waals surface area contributed by atoms with E-state index in [9.17, 15) is 24.6 Å². The average Bonchev–Trinajstić information content (AvgIpc) is 2.75. The highest BCUT2D eigenvalue weighted by Crippen LogP contribution is 2.09. The number of hydrogen-bond acceptors (Lipinski definition) is 5. The summed E-state index contributed by atoms with van der Waals surface area (Å²) in [7, 11) is 0. The van der Waals surface area contributed by atoms with E-state index in [0.29, 0.717) is 18.5 Å². The molecule has 8 nitrogen and oxygen atoms in total. The maximum absolute atomic E-state index is 12.9. The van der Waals surface area contributed by atoms with Crippen LogP contribution < -0.4 is 16.0 Å². The van der Waals surface area contributed by atoms with Gasteiger partial charge in [-0.25, -0.2) is 0 Å². The molecule has 2 aromatic rings. The summed E-state index contributed by atoms with van der Waals surface area (Å²) < 4.78 is 0. The van der Waals surface area contributed by atoms with Gasteiger partial charge >= 0.3 is 5.97 Å². The summed E-state index contributed by atoms with van der Waals surface area (Å²) in [6.07, 6.45) is -0.298. The number of anilines is 1. The van der Waals surface area contributed by atoms with Crippen LogP contribution in [0.15, 0.2) is 60.7 Å². The molecule has 4 atom stereocenters. The Morgan fingerprint density at radius 2 is 1.48 bits per heavy atom. The fourth-order valence-corrected chi connectivity index (χ4v) is 3.02. The van der Waals surface area contributed by atoms with Gasteiger partial charge in [0.1, 0.15) is 12.1 Å². The number of hydrogen-bond donors (Lipinski definition) is 5. The van der Waals surface area contributed by atoms with Crippen LogP contribution in [0.5, 0.6) is 0 Å². The standard InChI is InChI=1S/C23H29N3O5/c1-15(23(30)31)24-19(14-13-17-9-5-3-6-10-17)21(28)26-20(16(2)27)22(29)25-18-11-7-4-8-12-18/h3-12,15-16,19-20,24,27H,13-14H2,1-2H3,(H,25,29)(H,26,28)(H,30,31)/t15-,16+,19+,20+/m1/s1. The van der Waals surface area contributed by atoms with Crippen LogP contribution in [0.1, 0.15) is 25.8 Å². The van der Waals surface area contributed by atoms with Gasteiger partial charge in [-0.05, 0) is 44.4 Å². The lowest BCUT2D eigenvalue weighted by molar-refractivity contribution is -0.139. The molecule has 0 spiro atoms. The van der Waals surface area contributed by atoms with Crippen molar-refractivity contribution in [2.75, 3.05) is 5.32 Å². The van der Waals surface area contributed by atoms with E-state index in [1.165, 1.54) is 13.8 Å². The van der Waals surface area contributed by atoms with Crippen molar-refractivity contribution >= 4 is 23.5 Å². The number of para-hydroxylation sites is 1. The SMILES string of the molecule is C[C@H](O)[C@H](NC(=O)[C@H](CCc1ccccc1)N[C@H](C)C(=O)O)C(=O)Nc1ccccc1. The first-order valence-electron chi connectivity index (χ1n) is 10.1. The minimum Gasteiger partial charge on any atom is -0.480 e. The Kier molecular flexibility index (Phi) is 9.17. The second-order valence-electron chi connectivity index (χ2n) is 7.39. The average molecular weight is 428 g/mol. The lowest BCUT2D eigenvalue weighted by Crippen LogP contribution is -2.57. The van der Waals surface area contributed by atoms with E-state index in [4.69, 9.17) is 0 Å². The van der Waals surface area contributed by atoms with E-state index in [-0.39, 0.29) is 0 Å². The molecule has 0 bridgehead atoms. The van der Waals surface area contributed by atoms with Gasteiger partial charge in [0.25, 0.3) is 0 Å². The minimum atomic E-state index is -1.20. The lowest BCUT2D eigenvalue weighted by atomic mass is 10.0. The predicted octanol–water partition coefficient (Wildman–Crippen LogP) is 1.55. The zero-order valence-electron chi connectivity index (χ0n) is 17.6. The third kappa shape index (κ3) is 7.84. The Morgan fingerprint density at radius 1 is 0.903 bits per heavy atom. The minimum absolute atomic E-state index is 0.320. The molecule has 0 aliphatic heterocycles. The van der Waals surface area contributed by atoms with Gasteiger partial charge in [0, 0.05) is 5.69 Å². The molecule has 8 heteroatoms. The van der Waals surface area contributed by atoms with Crippen molar-refractivity contribution in [3.05, 3.63) is 66.2 Å². The van der Waals surface area contributed by atoms with Gasteiger partial charge < -0.3 is 20.8 Å². The van der Waals surface area contributed by atoms with Crippen molar-refractivity contribution in [3.63, 3.8) is 0 Å². The molecule has 0 heterocycles. The number of aryl methyl sites for hydroxylation is 1. The molecule has 0 saturated heterocycles. The monoisotopic (exact) mass is 427 g/mol. The lowest BCUT2D eigenvalue weighted by Gasteiger charge is -2.26. The number of aliphatic carboxylic acids is 1. The number of rotatable bonds is 11. The topological polar surface area (TPSA) is 128 Å². The summed E-state index contributed by atoms with van der Waals surface area (Å²) in [6, 6.07) is 15.2. The van der Waals surface area contributed by atoms with Crippen molar-refractivity contribution in [1.29, 1.82) is 0 Å². The molecule has 2 aromatic carbocycles. The molecule has 0 saturated carbocycles. The highest BCUT2D eigenvalue weighted by atomic mass is 16.4. The molecule has 0 aliphatic carbocycles. The van der Waals surface area contributed by atoms with Crippen molar-refractivity contribution in [2.24, 2.45) is 0 Å². The van der Waals surface area contributed by atoms with Crippen LogP contribution in [0.25, 0.3) is 0 Å². The van der Waals surface area contributed by atoms with Crippen LogP contribution in [0.3, 0.4) is 0 Å². The number of amides is 2. The van der Waals surface area contributed by atoms with Crippen LogP contribution in [0, 0.1) is 0 Å². The van der Waals surface area contributed by atoms with E-state index in [2.05, 4.69) is 16.0 Å². The van der Waals surface area contributed by atoms with Crippen molar-refractivity contribution in [1.82, 2.24) is 10.6 Å². The summed E-state index contributed by atoms with van der Waals surface area (Å²) in [6.45, 7) is 2.85. The zero-order valence-corrected chi connectivity index (χ0v) is 17.6. The largest absolute Gasteiger partial charge is 0.480 e. The first kappa shape index (κ1) is 24.0. The molecule has 0 unspecified atom stereocenters. The van der Waals surface area contributed by atoms with Crippen LogP contribution >= 0.6 is 0 Å². The van der Waals surface area contributed by atoms with Crippen LogP contribution in [-0.2, 0) is 20.8 Å². The molecule has 5 N–H and O–H groups in total. The van der Waals surface area contributed by atoms with Crippen LogP contribution in [-0.4, -0.2) is 52.2 Å². The van der Waals surface area contributed by atoms with Crippen molar-refractivity contribution in [2.45, 2.75) is 50.9 Å². The number of carboxylic acid groups (broad SMARTS) is 1. The molecule has 0 fully saturated rings. The number of aliphatic hydroxyl groups excluding tert-OH is 1. The Morgan fingerprint density at radius 3 is 2.03 bits per heavy atom. The van der Waals surface area contributed by atoms with Gasteiger partial charge in [0.2, 0.25) is 11.8 Å². The summed E-state index contributed by atoms with van der Waals surface area (Å²) in [4.78, 5) is 36.8. The smallest absolute Gasteiger partial charge is 0.320 e. The maximum Gasteiger partial charge on any atom is 0.320 e. The zero-order chi connectivity index (χ0) is 22.8. The number of carboxylic acids is 1. The van der Waals surface area contributed by atoms with Crippen molar-refractivity contribution < 1.29 is 24.6 Å². The Balaban J connectivity index is 2.10. The quantitative estimate of drug-likeness (QED) is 0.370. The fourth-order valence-electron chi connectivity index (χ4n) is 3.02. The Bertz CT molecular complexity index is 858. The van der Waals surface area contributed by atoms with Crippen LogP contribution in [0.4, 0.5) is 5.69 Å². The number of carbonyl (C=O) groups excluding carboxylic acids is 2. The van der Waals surface area contributed by atoms with E-state index >= 15 is 0 Å². The Hall–Kier alpha value is -3.23. The number of nitrogens with one attached hydrogen (secondary N) is 3. The summed E-state index contributed by atoms with van der Waals surface area (Å²) in [5.41, 5.74) is 1.53. The first-order chi connectivity index (χ1) is 14.8. The van der Waals surface area contributed by atoms with Crippen molar-refractivity contribution in [3.8, 4) is 0 Å². The number of benzene rings is 2. The Labute approximate surface area is 181 Å². The third-order valence-corrected chi connectivity index (χ3v) is 4.81. The normalized spacial score (nSPS) is 14.7. The van der Waals surface area contributed by atoms with Crippen LogP contribution in [0.2, 0.25) is 0 Å². The summed E-state index contributed by atoms with van der Waals surface area (Å²) >= 11 is 0. The molecule has 2 amide bonds. The van der Waals surface area contributed by atoms with Gasteiger partial charge in [-0.3, -0.25) is 19.7 Å². The fraction of sp³-hybridized carbons (Fsp3) is 0.348. The molecule has 0 aliphatic rings. The van der Waals surface area contributed by atoms with E-state index in [0.717, 1.165) is 5.56 Å². The predicted molar refractivity (Wildman–Crippen MR) is 117 cm³/mol. The van der Waals surface area contributed by atoms with Gasteiger partial charge in [-0.15, -0.1) is 0 Å². The second-order valence-corrected chi connectivity index (χ2v) is 7.39. The van der Waals surface area contributed by atoms with E-state index in [1.54, 1.807) is 30.3 Å². The number of aliphatic hydroxyl groups is 1. The van der Waals surface area contributed by atoms with E-state index < -0.39 is 42.0 Å². The highest BCUT2D eigenvalue weighted by Gasteiger charge is 2.30. The van der Waals surface area contributed by atoms with Gasteiger partial charge in [0.05, 0.1) is 12.1 Å². The molecule has 0 radical (unpaired) electrons. The first-order valence-corrected chi connectivity index (χ1v) is 10.1. The molecular formula is C23H29N3O5. The molecule has 0 aromatic heterocycles. The van der Waals surface area contributed by atoms with Gasteiger partial charge in [-0.1, -0.05) is 48.5 Å². The summed E-state index contributed by atoms with van der Waals surface area (Å²) in [5.74, 6) is -2.22. The maximum atomic E-state index is 12.9. The molecular weight excluding hydrogens is 398 g/mol.